The highest BCUT2D eigenvalue weighted by Crippen LogP contribution is 2.22. The Balaban J connectivity index is 2.10. The molecule has 0 spiro atoms. The number of carbonyl (C=O) groups is 2. The molecule has 0 saturated carbocycles. The van der Waals surface area contributed by atoms with E-state index in [1.165, 1.54) is 11.8 Å². The van der Waals surface area contributed by atoms with Crippen LogP contribution in [0.25, 0.3) is 0 Å². The van der Waals surface area contributed by atoms with Gasteiger partial charge in [0, 0.05) is 58.5 Å². The number of aryl methyl sites for hydroxylation is 1. The fraction of sp³-hybridized carbons (Fsp3) is 0.600. The number of hydrogen-bond acceptors (Lipinski definition) is 4. The van der Waals surface area contributed by atoms with Crippen molar-refractivity contribution in [2.45, 2.75) is 25.4 Å². The summed E-state index contributed by atoms with van der Waals surface area (Å²) >= 11 is 0. The van der Waals surface area contributed by atoms with Crippen molar-refractivity contribution < 1.29 is 19.4 Å². The van der Waals surface area contributed by atoms with Gasteiger partial charge < -0.3 is 19.3 Å². The number of nitrogens with zero attached hydrogens (tertiary/aromatic N) is 2. The number of likely N-dealkylation sites (N-methyl/N-ethyl adjacent to an activating group) is 1. The van der Waals surface area contributed by atoms with E-state index in [1.807, 2.05) is 0 Å². The normalized spacial score (nSPS) is 17.5. The molecule has 1 amide bonds. The number of rotatable bonds is 4. The molecule has 1 aromatic rings. The highest BCUT2D eigenvalue weighted by Gasteiger charge is 2.33. The second-order valence-electron chi connectivity index (χ2n) is 5.78. The molecule has 0 radical (unpaired) electrons. The molecule has 0 aliphatic carbocycles. The molecule has 21 heavy (non-hydrogen) atoms. The number of aromatic nitrogens is 1. The Bertz CT molecular complexity index is 544. The van der Waals surface area contributed by atoms with E-state index in [-0.39, 0.29) is 18.2 Å². The molecular formula is C15H22N2O4. The largest absolute Gasteiger partial charge is 0.388 e. The first-order valence-electron chi connectivity index (χ1n) is 7.05. The van der Waals surface area contributed by atoms with E-state index in [0.717, 1.165) is 0 Å². The lowest BCUT2D eigenvalue weighted by molar-refractivity contribution is -0.0735. The van der Waals surface area contributed by atoms with Gasteiger partial charge in [-0.2, -0.15) is 0 Å². The van der Waals surface area contributed by atoms with Gasteiger partial charge in [-0.15, -0.1) is 0 Å². The van der Waals surface area contributed by atoms with Crippen LogP contribution in [-0.2, 0) is 11.8 Å². The zero-order valence-electron chi connectivity index (χ0n) is 12.8. The van der Waals surface area contributed by atoms with Crippen molar-refractivity contribution in [3.8, 4) is 0 Å². The Morgan fingerprint density at radius 3 is 2.57 bits per heavy atom. The number of hydrogen-bond donors (Lipinski definition) is 1. The lowest BCUT2D eigenvalue weighted by Crippen LogP contribution is -2.47. The van der Waals surface area contributed by atoms with Crippen molar-refractivity contribution in [2.75, 3.05) is 26.8 Å². The second-order valence-corrected chi connectivity index (χ2v) is 5.78. The van der Waals surface area contributed by atoms with Gasteiger partial charge in [0.2, 0.25) is 0 Å². The minimum absolute atomic E-state index is 0.0737. The number of Topliss-reactive ketones (excluding diaryl/α,β-unsaturated/α-hetero) is 1. The van der Waals surface area contributed by atoms with Gasteiger partial charge >= 0.3 is 0 Å². The molecule has 0 aromatic carbocycles. The molecule has 1 aromatic heterocycles. The van der Waals surface area contributed by atoms with Crippen molar-refractivity contribution in [3.05, 3.63) is 23.5 Å². The molecule has 1 aliphatic rings. The lowest BCUT2D eigenvalue weighted by atomic mass is 9.94. The monoisotopic (exact) mass is 294 g/mol. The summed E-state index contributed by atoms with van der Waals surface area (Å²) in [5.41, 5.74) is 0.0643. The van der Waals surface area contributed by atoms with Crippen molar-refractivity contribution in [1.29, 1.82) is 0 Å². The summed E-state index contributed by atoms with van der Waals surface area (Å²) in [5, 5.41) is 10.5. The molecule has 116 valence electrons. The predicted octanol–water partition coefficient (Wildman–Crippen LogP) is 0.841. The average Bonchev–Trinajstić information content (AvgIpc) is 2.80. The van der Waals surface area contributed by atoms with E-state index >= 15 is 0 Å². The van der Waals surface area contributed by atoms with Gasteiger partial charge in [-0.1, -0.05) is 0 Å². The number of ketones is 1. The third kappa shape index (κ3) is 3.51. The number of amides is 1. The van der Waals surface area contributed by atoms with Crippen LogP contribution >= 0.6 is 0 Å². The fourth-order valence-electron chi connectivity index (χ4n) is 2.59. The van der Waals surface area contributed by atoms with Gasteiger partial charge in [-0.3, -0.25) is 9.59 Å². The van der Waals surface area contributed by atoms with E-state index in [1.54, 1.807) is 30.9 Å². The van der Waals surface area contributed by atoms with Crippen LogP contribution < -0.4 is 0 Å². The zero-order chi connectivity index (χ0) is 15.6. The third-order valence-corrected chi connectivity index (χ3v) is 3.93. The topological polar surface area (TPSA) is 71.8 Å². The Labute approximate surface area is 124 Å². The highest BCUT2D eigenvalue weighted by molar-refractivity contribution is 5.99. The van der Waals surface area contributed by atoms with Crippen molar-refractivity contribution in [3.63, 3.8) is 0 Å². The molecule has 1 saturated heterocycles. The molecule has 0 bridgehead atoms. The summed E-state index contributed by atoms with van der Waals surface area (Å²) in [5.74, 6) is -0.278. The van der Waals surface area contributed by atoms with Gasteiger partial charge in [0.15, 0.2) is 5.78 Å². The second kappa shape index (κ2) is 5.99. The van der Waals surface area contributed by atoms with Gasteiger partial charge in [0.1, 0.15) is 5.69 Å². The molecule has 2 heterocycles. The minimum atomic E-state index is -0.892. The van der Waals surface area contributed by atoms with Gasteiger partial charge in [-0.05, 0) is 13.0 Å². The third-order valence-electron chi connectivity index (χ3n) is 3.93. The van der Waals surface area contributed by atoms with Crippen LogP contribution in [0.15, 0.2) is 12.3 Å². The molecule has 2 rings (SSSR count). The van der Waals surface area contributed by atoms with E-state index in [4.69, 9.17) is 4.74 Å². The van der Waals surface area contributed by atoms with Gasteiger partial charge in [0.25, 0.3) is 5.91 Å². The predicted molar refractivity (Wildman–Crippen MR) is 77.4 cm³/mol. The first-order chi connectivity index (χ1) is 9.82. The van der Waals surface area contributed by atoms with Crippen LogP contribution in [0.4, 0.5) is 0 Å². The molecule has 1 aliphatic heterocycles. The molecule has 6 heteroatoms. The molecule has 1 fully saturated rings. The Hall–Kier alpha value is -1.66. The van der Waals surface area contributed by atoms with Crippen molar-refractivity contribution >= 4 is 11.7 Å². The molecule has 1 N–H and O–H groups in total. The zero-order valence-corrected chi connectivity index (χ0v) is 12.8. The number of ether oxygens (including phenoxy) is 1. The van der Waals surface area contributed by atoms with E-state index in [0.29, 0.717) is 37.3 Å². The van der Waals surface area contributed by atoms with Crippen LogP contribution in [-0.4, -0.2) is 58.7 Å². The summed E-state index contributed by atoms with van der Waals surface area (Å²) in [6.45, 7) is 2.75. The summed E-state index contributed by atoms with van der Waals surface area (Å²) < 4.78 is 6.88. The first-order valence-corrected chi connectivity index (χ1v) is 7.05. The lowest BCUT2D eigenvalue weighted by Gasteiger charge is -2.35. The minimum Gasteiger partial charge on any atom is -0.388 e. The number of aliphatic hydroxyl groups is 1. The van der Waals surface area contributed by atoms with Crippen molar-refractivity contribution in [2.24, 2.45) is 7.05 Å². The van der Waals surface area contributed by atoms with Gasteiger partial charge in [-0.25, -0.2) is 0 Å². The standard InChI is InChI=1S/C15H22N2O4/c1-11(18)12-8-13(16(2)9-12)14(19)17(3)10-15(20)4-6-21-7-5-15/h8-9,20H,4-7,10H2,1-3H3. The van der Waals surface area contributed by atoms with E-state index < -0.39 is 5.60 Å². The van der Waals surface area contributed by atoms with Crippen LogP contribution in [0, 0.1) is 0 Å². The SMILES string of the molecule is CC(=O)c1cc(C(=O)N(C)CC2(O)CCOCC2)n(C)c1. The smallest absolute Gasteiger partial charge is 0.270 e. The van der Waals surface area contributed by atoms with Crippen LogP contribution in [0.3, 0.4) is 0 Å². The van der Waals surface area contributed by atoms with E-state index in [9.17, 15) is 14.7 Å². The highest BCUT2D eigenvalue weighted by atomic mass is 16.5. The molecule has 0 unspecified atom stereocenters. The molecule has 0 atom stereocenters. The average molecular weight is 294 g/mol. The van der Waals surface area contributed by atoms with Crippen LogP contribution in [0.5, 0.6) is 0 Å². The Kier molecular flexibility index (Phi) is 4.49. The number of carbonyl (C=O) groups excluding carboxylic acids is 2. The maximum atomic E-state index is 12.5. The van der Waals surface area contributed by atoms with E-state index in [2.05, 4.69) is 0 Å². The fourth-order valence-corrected chi connectivity index (χ4v) is 2.59. The maximum Gasteiger partial charge on any atom is 0.270 e. The summed E-state index contributed by atoms with van der Waals surface area (Å²) in [7, 11) is 3.40. The first kappa shape index (κ1) is 15.7. The quantitative estimate of drug-likeness (QED) is 0.835. The maximum absolute atomic E-state index is 12.5. The van der Waals surface area contributed by atoms with Crippen molar-refractivity contribution in [1.82, 2.24) is 9.47 Å². The summed E-state index contributed by atoms with van der Waals surface area (Å²) in [6, 6.07) is 1.59. The van der Waals surface area contributed by atoms with Crippen LogP contribution in [0.2, 0.25) is 0 Å². The molecule has 6 nitrogen and oxygen atoms in total. The Morgan fingerprint density at radius 1 is 1.43 bits per heavy atom. The Morgan fingerprint density at radius 2 is 2.05 bits per heavy atom. The summed E-state index contributed by atoms with van der Waals surface area (Å²) in [4.78, 5) is 25.4. The van der Waals surface area contributed by atoms with Gasteiger partial charge in [0.05, 0.1) is 5.60 Å². The summed E-state index contributed by atoms with van der Waals surface area (Å²) in [6.07, 6.45) is 2.69. The van der Waals surface area contributed by atoms with Crippen LogP contribution in [0.1, 0.15) is 40.6 Å². The molecular weight excluding hydrogens is 272 g/mol.